The van der Waals surface area contributed by atoms with Gasteiger partial charge >= 0.3 is 0 Å². The third-order valence-electron chi connectivity index (χ3n) is 4.46. The van der Waals surface area contributed by atoms with Gasteiger partial charge in [-0.05, 0) is 43.0 Å². The van der Waals surface area contributed by atoms with E-state index in [0.29, 0.717) is 24.0 Å². The molecule has 4 nitrogen and oxygen atoms in total. The SMILES string of the molecule is Cc1csc(CNC2CC2)c1S(=O)(=O)NCCC1CCC1. The molecule has 0 amide bonds. The maximum absolute atomic E-state index is 12.6. The van der Waals surface area contributed by atoms with Crippen molar-refractivity contribution in [1.82, 2.24) is 10.0 Å². The number of aryl methyl sites for hydroxylation is 1. The summed E-state index contributed by atoms with van der Waals surface area (Å²) in [6.45, 7) is 3.12. The lowest BCUT2D eigenvalue weighted by Gasteiger charge is -2.25. The Morgan fingerprint density at radius 2 is 2.05 bits per heavy atom. The van der Waals surface area contributed by atoms with Gasteiger partial charge in [0.25, 0.3) is 0 Å². The van der Waals surface area contributed by atoms with Crippen molar-refractivity contribution in [2.45, 2.75) is 62.9 Å². The molecule has 0 aromatic carbocycles. The van der Waals surface area contributed by atoms with Crippen molar-refractivity contribution in [3.63, 3.8) is 0 Å². The lowest BCUT2D eigenvalue weighted by Crippen LogP contribution is -2.29. The summed E-state index contributed by atoms with van der Waals surface area (Å²) < 4.78 is 27.9. The molecule has 0 spiro atoms. The second-order valence-electron chi connectivity index (χ2n) is 6.31. The van der Waals surface area contributed by atoms with E-state index in [1.165, 1.54) is 32.1 Å². The van der Waals surface area contributed by atoms with Crippen LogP contribution in [0.5, 0.6) is 0 Å². The Labute approximate surface area is 131 Å². The minimum absolute atomic E-state index is 0.509. The molecule has 2 saturated carbocycles. The Kier molecular flexibility index (Phi) is 4.69. The summed E-state index contributed by atoms with van der Waals surface area (Å²) >= 11 is 1.55. The average Bonchev–Trinajstić information content (AvgIpc) is 3.13. The van der Waals surface area contributed by atoms with Gasteiger partial charge in [0, 0.05) is 24.0 Å². The Morgan fingerprint density at radius 3 is 2.67 bits per heavy atom. The monoisotopic (exact) mass is 328 g/mol. The molecule has 6 heteroatoms. The van der Waals surface area contributed by atoms with E-state index in [4.69, 9.17) is 0 Å². The zero-order valence-electron chi connectivity index (χ0n) is 12.5. The van der Waals surface area contributed by atoms with E-state index in [-0.39, 0.29) is 0 Å². The quantitative estimate of drug-likeness (QED) is 0.771. The van der Waals surface area contributed by atoms with Gasteiger partial charge in [-0.2, -0.15) is 0 Å². The number of rotatable bonds is 8. The summed E-state index contributed by atoms with van der Waals surface area (Å²) in [5, 5.41) is 5.36. The zero-order valence-corrected chi connectivity index (χ0v) is 14.2. The number of thiophene rings is 1. The molecule has 0 saturated heterocycles. The molecule has 0 atom stereocenters. The van der Waals surface area contributed by atoms with Gasteiger partial charge in [-0.15, -0.1) is 11.3 Å². The van der Waals surface area contributed by atoms with Crippen LogP contribution in [0.2, 0.25) is 0 Å². The Hall–Kier alpha value is -0.430. The molecule has 0 aliphatic heterocycles. The molecule has 2 aliphatic rings. The van der Waals surface area contributed by atoms with E-state index >= 15 is 0 Å². The number of hydrogen-bond donors (Lipinski definition) is 2. The molecule has 0 bridgehead atoms. The van der Waals surface area contributed by atoms with Crippen LogP contribution in [0.4, 0.5) is 0 Å². The molecule has 2 fully saturated rings. The predicted molar refractivity (Wildman–Crippen MR) is 86.1 cm³/mol. The Bertz CT molecular complexity index is 587. The van der Waals surface area contributed by atoms with E-state index in [9.17, 15) is 8.42 Å². The molecule has 2 N–H and O–H groups in total. The highest BCUT2D eigenvalue weighted by Gasteiger charge is 2.26. The summed E-state index contributed by atoms with van der Waals surface area (Å²) in [7, 11) is -3.37. The fourth-order valence-electron chi connectivity index (χ4n) is 2.75. The third-order valence-corrected chi connectivity index (χ3v) is 7.38. The third kappa shape index (κ3) is 3.86. The molecule has 3 rings (SSSR count). The summed E-state index contributed by atoms with van der Waals surface area (Å²) in [5.41, 5.74) is 0.865. The number of nitrogens with one attached hydrogen (secondary N) is 2. The van der Waals surface area contributed by atoms with Gasteiger partial charge in [-0.1, -0.05) is 19.3 Å². The molecule has 1 aromatic rings. The van der Waals surface area contributed by atoms with Gasteiger partial charge in [0.15, 0.2) is 0 Å². The van der Waals surface area contributed by atoms with Gasteiger partial charge in [-0.25, -0.2) is 13.1 Å². The highest BCUT2D eigenvalue weighted by molar-refractivity contribution is 7.89. The van der Waals surface area contributed by atoms with Crippen LogP contribution in [-0.4, -0.2) is 21.0 Å². The Balaban J connectivity index is 1.63. The molecule has 118 valence electrons. The second-order valence-corrected chi connectivity index (χ2v) is 8.98. The van der Waals surface area contributed by atoms with Gasteiger partial charge in [0.1, 0.15) is 4.90 Å². The molecule has 0 radical (unpaired) electrons. The minimum Gasteiger partial charge on any atom is -0.309 e. The van der Waals surface area contributed by atoms with Gasteiger partial charge in [0.2, 0.25) is 10.0 Å². The van der Waals surface area contributed by atoms with E-state index in [0.717, 1.165) is 22.8 Å². The molecule has 1 aromatic heterocycles. The highest BCUT2D eigenvalue weighted by atomic mass is 32.2. The first-order valence-corrected chi connectivity index (χ1v) is 10.2. The minimum atomic E-state index is -3.37. The average molecular weight is 329 g/mol. The molecule has 21 heavy (non-hydrogen) atoms. The van der Waals surface area contributed by atoms with Crippen molar-refractivity contribution in [1.29, 1.82) is 0 Å². The van der Waals surface area contributed by atoms with Crippen molar-refractivity contribution in [3.8, 4) is 0 Å². The van der Waals surface area contributed by atoms with Crippen LogP contribution in [0.25, 0.3) is 0 Å². The predicted octanol–water partition coefficient (Wildman–Crippen LogP) is 2.78. The van der Waals surface area contributed by atoms with Crippen molar-refractivity contribution in [2.75, 3.05) is 6.54 Å². The largest absolute Gasteiger partial charge is 0.309 e. The van der Waals surface area contributed by atoms with Gasteiger partial charge in [-0.3, -0.25) is 0 Å². The molecular weight excluding hydrogens is 304 g/mol. The van der Waals surface area contributed by atoms with Gasteiger partial charge < -0.3 is 5.32 Å². The normalized spacial score (nSPS) is 19.7. The summed E-state index contributed by atoms with van der Waals surface area (Å²) in [6, 6.07) is 0.592. The standard InChI is InChI=1S/C15H24N2O2S2/c1-11-10-20-14(9-16-13-5-6-13)15(11)21(18,19)17-8-7-12-3-2-4-12/h10,12-13,16-17H,2-9H2,1H3. The first-order chi connectivity index (χ1) is 10.1. The first-order valence-electron chi connectivity index (χ1n) is 7.86. The smallest absolute Gasteiger partial charge is 0.241 e. The van der Waals surface area contributed by atoms with E-state index in [1.807, 2.05) is 12.3 Å². The van der Waals surface area contributed by atoms with Crippen molar-refractivity contribution >= 4 is 21.4 Å². The topological polar surface area (TPSA) is 58.2 Å². The highest BCUT2D eigenvalue weighted by Crippen LogP contribution is 2.30. The molecule has 0 unspecified atom stereocenters. The first kappa shape index (κ1) is 15.5. The fourth-order valence-corrected chi connectivity index (χ4v) is 5.55. The van der Waals surface area contributed by atoms with Crippen LogP contribution >= 0.6 is 11.3 Å². The lowest BCUT2D eigenvalue weighted by molar-refractivity contribution is 0.297. The van der Waals surface area contributed by atoms with Crippen LogP contribution in [0, 0.1) is 12.8 Å². The maximum atomic E-state index is 12.6. The molecule has 2 aliphatic carbocycles. The maximum Gasteiger partial charge on any atom is 0.241 e. The lowest BCUT2D eigenvalue weighted by atomic mass is 9.83. The summed E-state index contributed by atoms with van der Waals surface area (Å²) in [4.78, 5) is 1.45. The number of sulfonamides is 1. The van der Waals surface area contributed by atoms with E-state index in [1.54, 1.807) is 11.3 Å². The second kappa shape index (κ2) is 6.36. The Morgan fingerprint density at radius 1 is 1.29 bits per heavy atom. The molecule has 1 heterocycles. The van der Waals surface area contributed by atoms with E-state index in [2.05, 4.69) is 10.0 Å². The van der Waals surface area contributed by atoms with Crippen LogP contribution in [0.3, 0.4) is 0 Å². The van der Waals surface area contributed by atoms with Crippen molar-refractivity contribution < 1.29 is 8.42 Å². The van der Waals surface area contributed by atoms with Crippen molar-refractivity contribution in [3.05, 3.63) is 15.8 Å². The van der Waals surface area contributed by atoms with Crippen LogP contribution in [-0.2, 0) is 16.6 Å². The fraction of sp³-hybridized carbons (Fsp3) is 0.733. The van der Waals surface area contributed by atoms with Gasteiger partial charge in [0.05, 0.1) is 0 Å². The van der Waals surface area contributed by atoms with Crippen LogP contribution in [0.15, 0.2) is 10.3 Å². The summed E-state index contributed by atoms with van der Waals surface area (Å²) in [5.74, 6) is 0.729. The van der Waals surface area contributed by atoms with Crippen LogP contribution in [0.1, 0.15) is 49.0 Å². The van der Waals surface area contributed by atoms with Crippen molar-refractivity contribution in [2.24, 2.45) is 5.92 Å². The molecular formula is C15H24N2O2S2. The summed E-state index contributed by atoms with van der Waals surface area (Å²) in [6.07, 6.45) is 7.22. The number of hydrogen-bond acceptors (Lipinski definition) is 4. The zero-order chi connectivity index (χ0) is 14.9. The van der Waals surface area contributed by atoms with Crippen LogP contribution < -0.4 is 10.0 Å². The van der Waals surface area contributed by atoms with E-state index < -0.39 is 10.0 Å².